The van der Waals surface area contributed by atoms with Gasteiger partial charge in [0.05, 0.1) is 5.56 Å². The molecule has 0 saturated carbocycles. The van der Waals surface area contributed by atoms with Crippen LogP contribution in [0.25, 0.3) is 23.0 Å². The lowest BCUT2D eigenvalue weighted by Crippen LogP contribution is -2.24. The van der Waals surface area contributed by atoms with Gasteiger partial charge in [0.25, 0.3) is 21.8 Å². The maximum absolute atomic E-state index is 12.1. The van der Waals surface area contributed by atoms with E-state index in [2.05, 4.69) is 15.5 Å². The molecule has 0 fully saturated rings. The summed E-state index contributed by atoms with van der Waals surface area (Å²) in [4.78, 5) is 15.6. The van der Waals surface area contributed by atoms with E-state index in [0.717, 1.165) is 4.31 Å². The fourth-order valence-electron chi connectivity index (χ4n) is 2.18. The number of amides is 1. The van der Waals surface area contributed by atoms with Gasteiger partial charge in [-0.25, -0.2) is 12.7 Å². The van der Waals surface area contributed by atoms with Crippen molar-refractivity contribution >= 4 is 15.9 Å². The van der Waals surface area contributed by atoms with E-state index in [-0.39, 0.29) is 35.1 Å². The second-order valence-electron chi connectivity index (χ2n) is 5.79. The Kier molecular flexibility index (Phi) is 5.47. The summed E-state index contributed by atoms with van der Waals surface area (Å²) in [5.74, 6) is 0.442. The van der Waals surface area contributed by atoms with Crippen molar-refractivity contribution in [1.29, 1.82) is 0 Å². The van der Waals surface area contributed by atoms with Crippen molar-refractivity contribution in [2.24, 2.45) is 0 Å². The first-order valence-electron chi connectivity index (χ1n) is 8.12. The van der Waals surface area contributed by atoms with Crippen molar-refractivity contribution in [2.75, 3.05) is 27.7 Å². The molecular weight excluding hydrogens is 388 g/mol. The Morgan fingerprint density at radius 1 is 1.21 bits per heavy atom. The van der Waals surface area contributed by atoms with E-state index in [1.165, 1.54) is 33.3 Å². The number of furan rings is 1. The van der Waals surface area contributed by atoms with Crippen molar-refractivity contribution in [3.8, 4) is 28.8 Å². The van der Waals surface area contributed by atoms with E-state index in [1.54, 1.807) is 24.3 Å². The van der Waals surface area contributed by atoms with Crippen LogP contribution < -0.4 is 10.1 Å². The molecule has 2 heterocycles. The number of para-hydroxylation sites is 1. The van der Waals surface area contributed by atoms with Crippen LogP contribution in [0.1, 0.15) is 0 Å². The molecule has 148 valence electrons. The Balaban J connectivity index is 1.88. The lowest BCUT2D eigenvalue weighted by Gasteiger charge is -2.08. The zero-order chi connectivity index (χ0) is 20.3. The molecule has 0 unspecified atom stereocenters. The first-order chi connectivity index (χ1) is 13.3. The number of sulfonamides is 1. The van der Waals surface area contributed by atoms with Gasteiger partial charge in [0.2, 0.25) is 10.9 Å². The monoisotopic (exact) mass is 406 g/mol. The van der Waals surface area contributed by atoms with E-state index in [4.69, 9.17) is 13.7 Å². The molecule has 0 saturated heterocycles. The second kappa shape index (κ2) is 7.82. The van der Waals surface area contributed by atoms with Gasteiger partial charge in [0, 0.05) is 21.1 Å². The highest BCUT2D eigenvalue weighted by molar-refractivity contribution is 7.88. The quantitative estimate of drug-likeness (QED) is 0.623. The first-order valence-corrected chi connectivity index (χ1v) is 9.56. The molecule has 1 aromatic carbocycles. The molecular formula is C17H18N4O6S. The SMILES string of the molecule is CNC(=O)COc1ccccc1-c1noc(-c2ccc(S(=O)(=O)N(C)C)o2)n1. The molecule has 1 N–H and O–H groups in total. The zero-order valence-corrected chi connectivity index (χ0v) is 16.2. The Bertz CT molecular complexity index is 1090. The highest BCUT2D eigenvalue weighted by Crippen LogP contribution is 2.30. The molecule has 11 heteroatoms. The van der Waals surface area contributed by atoms with Gasteiger partial charge < -0.3 is 19.0 Å². The number of nitrogens with zero attached hydrogens (tertiary/aromatic N) is 3. The van der Waals surface area contributed by atoms with E-state index in [1.807, 2.05) is 0 Å². The van der Waals surface area contributed by atoms with Crippen LogP contribution in [0.2, 0.25) is 0 Å². The molecule has 0 bridgehead atoms. The van der Waals surface area contributed by atoms with E-state index in [0.29, 0.717) is 11.3 Å². The minimum absolute atomic E-state index is 0.0105. The summed E-state index contributed by atoms with van der Waals surface area (Å²) >= 11 is 0. The summed E-state index contributed by atoms with van der Waals surface area (Å²) in [6.45, 7) is -0.165. The lowest BCUT2D eigenvalue weighted by molar-refractivity contribution is -0.122. The number of ether oxygens (including phenoxy) is 1. The maximum atomic E-state index is 12.1. The largest absolute Gasteiger partial charge is 0.483 e. The minimum atomic E-state index is -3.72. The number of carbonyl (C=O) groups is 1. The van der Waals surface area contributed by atoms with Gasteiger partial charge in [-0.1, -0.05) is 17.3 Å². The number of nitrogens with one attached hydrogen (secondary N) is 1. The highest BCUT2D eigenvalue weighted by Gasteiger charge is 2.24. The molecule has 0 aliphatic heterocycles. The maximum Gasteiger partial charge on any atom is 0.294 e. The van der Waals surface area contributed by atoms with E-state index in [9.17, 15) is 13.2 Å². The minimum Gasteiger partial charge on any atom is -0.483 e. The van der Waals surface area contributed by atoms with Crippen molar-refractivity contribution in [2.45, 2.75) is 5.09 Å². The van der Waals surface area contributed by atoms with Crippen molar-refractivity contribution in [3.63, 3.8) is 0 Å². The number of hydrogen-bond donors (Lipinski definition) is 1. The number of rotatable bonds is 7. The van der Waals surface area contributed by atoms with Gasteiger partial charge in [-0.15, -0.1) is 0 Å². The summed E-state index contributed by atoms with van der Waals surface area (Å²) in [6.07, 6.45) is 0. The second-order valence-corrected chi connectivity index (χ2v) is 7.87. The summed E-state index contributed by atoms with van der Waals surface area (Å²) in [6, 6.07) is 9.62. The lowest BCUT2D eigenvalue weighted by atomic mass is 10.2. The Hall–Kier alpha value is -3.18. The van der Waals surface area contributed by atoms with Crippen LogP contribution in [-0.4, -0.2) is 56.5 Å². The smallest absolute Gasteiger partial charge is 0.294 e. The van der Waals surface area contributed by atoms with Gasteiger partial charge in [-0.05, 0) is 24.3 Å². The first kappa shape index (κ1) is 19.6. The van der Waals surface area contributed by atoms with Crippen LogP contribution in [0.4, 0.5) is 0 Å². The topological polar surface area (TPSA) is 128 Å². The average Bonchev–Trinajstić information content (AvgIpc) is 3.35. The normalized spacial score (nSPS) is 11.6. The molecule has 2 aromatic heterocycles. The molecule has 0 radical (unpaired) electrons. The standard InChI is InChI=1S/C17H18N4O6S/c1-18-14(22)10-25-12-7-5-4-6-11(12)16-19-17(27-20-16)13-8-9-15(26-13)28(23,24)21(2)3/h4-9H,10H2,1-3H3,(H,18,22). The summed E-state index contributed by atoms with van der Waals surface area (Å²) in [5.41, 5.74) is 0.508. The van der Waals surface area contributed by atoms with Crippen molar-refractivity contribution in [3.05, 3.63) is 36.4 Å². The fourth-order valence-corrected chi connectivity index (χ4v) is 2.97. The summed E-state index contributed by atoms with van der Waals surface area (Å²) in [7, 11) is 0.598. The molecule has 10 nitrogen and oxygen atoms in total. The number of hydrogen-bond acceptors (Lipinski definition) is 8. The predicted molar refractivity (Wildman–Crippen MR) is 97.9 cm³/mol. The molecule has 0 spiro atoms. The van der Waals surface area contributed by atoms with Crippen LogP contribution in [0.5, 0.6) is 5.75 Å². The fraction of sp³-hybridized carbons (Fsp3) is 0.235. The molecule has 0 aliphatic carbocycles. The van der Waals surface area contributed by atoms with E-state index >= 15 is 0 Å². The van der Waals surface area contributed by atoms with E-state index < -0.39 is 10.0 Å². The van der Waals surface area contributed by atoms with Gasteiger partial charge >= 0.3 is 0 Å². The summed E-state index contributed by atoms with van der Waals surface area (Å²) < 4.78 is 41.3. The molecule has 1 amide bonds. The van der Waals surface area contributed by atoms with Gasteiger partial charge in [0.15, 0.2) is 12.4 Å². The molecule has 3 aromatic rings. The van der Waals surface area contributed by atoms with Crippen molar-refractivity contribution in [1.82, 2.24) is 19.8 Å². The van der Waals surface area contributed by atoms with Crippen LogP contribution >= 0.6 is 0 Å². The highest BCUT2D eigenvalue weighted by atomic mass is 32.2. The van der Waals surface area contributed by atoms with Crippen LogP contribution in [0.3, 0.4) is 0 Å². The third-order valence-electron chi connectivity index (χ3n) is 3.72. The Morgan fingerprint density at radius 3 is 2.68 bits per heavy atom. The number of likely N-dealkylation sites (N-methyl/N-ethyl adjacent to an activating group) is 1. The third-order valence-corrected chi connectivity index (χ3v) is 5.41. The number of carbonyl (C=O) groups excluding carboxylic acids is 1. The van der Waals surface area contributed by atoms with Gasteiger partial charge in [0.1, 0.15) is 5.75 Å². The third kappa shape index (κ3) is 3.89. The predicted octanol–water partition coefficient (Wildman–Crippen LogP) is 1.37. The number of aromatic nitrogens is 2. The van der Waals surface area contributed by atoms with Gasteiger partial charge in [-0.3, -0.25) is 4.79 Å². The van der Waals surface area contributed by atoms with Crippen LogP contribution in [0, 0.1) is 0 Å². The Morgan fingerprint density at radius 2 is 1.96 bits per heavy atom. The molecule has 0 aliphatic rings. The average molecular weight is 406 g/mol. The summed E-state index contributed by atoms with van der Waals surface area (Å²) in [5, 5.41) is 6.12. The van der Waals surface area contributed by atoms with Crippen LogP contribution in [-0.2, 0) is 14.8 Å². The Labute approximate surface area is 161 Å². The molecule has 3 rings (SSSR count). The molecule has 28 heavy (non-hydrogen) atoms. The van der Waals surface area contributed by atoms with Crippen molar-refractivity contribution < 1.29 is 26.9 Å². The van der Waals surface area contributed by atoms with Gasteiger partial charge in [-0.2, -0.15) is 4.98 Å². The number of benzene rings is 1. The molecule has 0 atom stereocenters. The van der Waals surface area contributed by atoms with Crippen LogP contribution in [0.15, 0.2) is 50.4 Å². The zero-order valence-electron chi connectivity index (χ0n) is 15.4.